The lowest BCUT2D eigenvalue weighted by Crippen LogP contribution is -2.47. The summed E-state index contributed by atoms with van der Waals surface area (Å²) in [5, 5.41) is 1.80. The maximum Gasteiger partial charge on any atom is 0.301 e. The molecule has 2 aromatic carbocycles. The van der Waals surface area contributed by atoms with Gasteiger partial charge >= 0.3 is 5.24 Å². The monoisotopic (exact) mass is 370 g/mol. The average molecular weight is 370 g/mol. The van der Waals surface area contributed by atoms with E-state index >= 15 is 0 Å². The van der Waals surface area contributed by atoms with Gasteiger partial charge in [-0.15, -0.1) is 0 Å². The predicted octanol–water partition coefficient (Wildman–Crippen LogP) is 3.58. The minimum absolute atomic E-state index is 0.112. The summed E-state index contributed by atoms with van der Waals surface area (Å²) in [5.41, 5.74) is 1.41. The van der Waals surface area contributed by atoms with Crippen LogP contribution < -0.4 is 4.74 Å². The number of hydrogen-bond acceptors (Lipinski definition) is 5. The Labute approximate surface area is 155 Å². The molecule has 0 radical (unpaired) electrons. The van der Waals surface area contributed by atoms with Gasteiger partial charge in [0.1, 0.15) is 5.75 Å². The first kappa shape index (κ1) is 18.0. The molecule has 0 aromatic heterocycles. The zero-order chi connectivity index (χ0) is 18.7. The fourth-order valence-electron chi connectivity index (χ4n) is 2.71. The minimum atomic E-state index is -0.482. The Kier molecular flexibility index (Phi) is 5.27. The van der Waals surface area contributed by atoms with E-state index in [1.165, 1.54) is 5.01 Å². The van der Waals surface area contributed by atoms with E-state index in [1.54, 1.807) is 55.6 Å². The van der Waals surface area contributed by atoms with E-state index in [0.29, 0.717) is 22.6 Å². The van der Waals surface area contributed by atoms with Gasteiger partial charge in [-0.2, -0.15) is 5.01 Å². The van der Waals surface area contributed by atoms with Crippen molar-refractivity contribution in [3.8, 4) is 5.75 Å². The number of carbonyl (C=O) groups is 3. The van der Waals surface area contributed by atoms with E-state index < -0.39 is 11.8 Å². The van der Waals surface area contributed by atoms with Crippen molar-refractivity contribution in [2.45, 2.75) is 13.5 Å². The zero-order valence-electron chi connectivity index (χ0n) is 14.5. The van der Waals surface area contributed by atoms with Gasteiger partial charge in [0.05, 0.1) is 24.8 Å². The molecule has 6 nitrogen and oxygen atoms in total. The van der Waals surface area contributed by atoms with Crippen molar-refractivity contribution in [2.75, 3.05) is 12.9 Å². The number of benzene rings is 2. The number of amides is 3. The number of thioether (sulfide) groups is 1. The molecule has 3 rings (SSSR count). The molecule has 1 aliphatic heterocycles. The van der Waals surface area contributed by atoms with Crippen LogP contribution in [0.15, 0.2) is 48.5 Å². The highest BCUT2D eigenvalue weighted by molar-refractivity contribution is 8.13. The van der Waals surface area contributed by atoms with E-state index in [2.05, 4.69) is 0 Å². The van der Waals surface area contributed by atoms with Crippen LogP contribution in [-0.4, -0.2) is 39.9 Å². The van der Waals surface area contributed by atoms with Crippen molar-refractivity contribution in [2.24, 2.45) is 0 Å². The van der Waals surface area contributed by atoms with Crippen molar-refractivity contribution in [3.05, 3.63) is 65.2 Å². The Balaban J connectivity index is 1.93. The predicted molar refractivity (Wildman–Crippen MR) is 99.0 cm³/mol. The molecule has 0 bridgehead atoms. The molecule has 0 fully saturated rings. The Bertz CT molecular complexity index is 816. The molecule has 0 atom stereocenters. The highest BCUT2D eigenvalue weighted by Gasteiger charge is 2.41. The van der Waals surface area contributed by atoms with Crippen LogP contribution in [0.4, 0.5) is 4.79 Å². The van der Waals surface area contributed by atoms with E-state index in [4.69, 9.17) is 4.74 Å². The smallest absolute Gasteiger partial charge is 0.301 e. The molecule has 1 aliphatic rings. The van der Waals surface area contributed by atoms with E-state index in [1.807, 2.05) is 6.92 Å². The van der Waals surface area contributed by atoms with Crippen LogP contribution in [0.3, 0.4) is 0 Å². The fourth-order valence-corrected chi connectivity index (χ4v) is 3.26. The molecule has 26 heavy (non-hydrogen) atoms. The van der Waals surface area contributed by atoms with Gasteiger partial charge in [0.15, 0.2) is 0 Å². The van der Waals surface area contributed by atoms with E-state index in [-0.39, 0.29) is 11.8 Å². The lowest BCUT2D eigenvalue weighted by atomic mass is 10.1. The van der Waals surface area contributed by atoms with Gasteiger partial charge in [0, 0.05) is 0 Å². The number of rotatable bonds is 5. The first-order valence-electron chi connectivity index (χ1n) is 8.11. The zero-order valence-corrected chi connectivity index (χ0v) is 15.3. The van der Waals surface area contributed by atoms with Gasteiger partial charge in [-0.1, -0.05) is 43.0 Å². The second-order valence-electron chi connectivity index (χ2n) is 5.57. The molecule has 0 unspecified atom stereocenters. The normalized spacial score (nSPS) is 12.9. The Morgan fingerprint density at radius 1 is 1.04 bits per heavy atom. The van der Waals surface area contributed by atoms with Crippen LogP contribution in [-0.2, 0) is 6.54 Å². The summed E-state index contributed by atoms with van der Waals surface area (Å²) in [4.78, 5) is 38.1. The van der Waals surface area contributed by atoms with Crippen LogP contribution in [0, 0.1) is 0 Å². The summed E-state index contributed by atoms with van der Waals surface area (Å²) in [5.74, 6) is 0.268. The Morgan fingerprint density at radius 2 is 1.62 bits per heavy atom. The SMILES string of the molecule is CCSC(=O)N(Cc1ccc(OC)cc1)N1C(=O)c2ccccc2C1=O. The van der Waals surface area contributed by atoms with Crippen LogP contribution >= 0.6 is 11.8 Å². The second-order valence-corrected chi connectivity index (χ2v) is 6.79. The first-order valence-corrected chi connectivity index (χ1v) is 9.10. The highest BCUT2D eigenvalue weighted by Crippen LogP contribution is 2.27. The lowest BCUT2D eigenvalue weighted by molar-refractivity contribution is 0.0204. The molecular weight excluding hydrogens is 352 g/mol. The van der Waals surface area contributed by atoms with Gasteiger partial charge in [-0.3, -0.25) is 14.4 Å². The number of hydrazine groups is 1. The van der Waals surface area contributed by atoms with Crippen molar-refractivity contribution >= 4 is 28.8 Å². The average Bonchev–Trinajstić information content (AvgIpc) is 2.92. The number of fused-ring (bicyclic) bond motifs is 1. The molecule has 134 valence electrons. The lowest BCUT2D eigenvalue weighted by Gasteiger charge is -2.29. The van der Waals surface area contributed by atoms with Crippen molar-refractivity contribution < 1.29 is 19.1 Å². The maximum absolute atomic E-state index is 12.7. The van der Waals surface area contributed by atoms with Crippen molar-refractivity contribution in [3.63, 3.8) is 0 Å². The molecule has 3 amide bonds. The Hall–Kier alpha value is -2.80. The minimum Gasteiger partial charge on any atom is -0.497 e. The van der Waals surface area contributed by atoms with E-state index in [9.17, 15) is 14.4 Å². The molecule has 1 heterocycles. The third kappa shape index (κ3) is 3.30. The van der Waals surface area contributed by atoms with E-state index in [0.717, 1.165) is 22.3 Å². The maximum atomic E-state index is 12.7. The Morgan fingerprint density at radius 3 is 2.12 bits per heavy atom. The van der Waals surface area contributed by atoms with Crippen LogP contribution in [0.25, 0.3) is 0 Å². The number of carbonyl (C=O) groups excluding carboxylic acids is 3. The summed E-state index contributed by atoms with van der Waals surface area (Å²) in [6, 6.07) is 13.7. The number of hydrogen-bond donors (Lipinski definition) is 0. The highest BCUT2D eigenvalue weighted by atomic mass is 32.2. The molecule has 0 spiro atoms. The molecule has 0 N–H and O–H groups in total. The van der Waals surface area contributed by atoms with Gasteiger partial charge in [0.25, 0.3) is 11.8 Å². The van der Waals surface area contributed by atoms with Gasteiger partial charge in [-0.05, 0) is 35.6 Å². The second kappa shape index (κ2) is 7.61. The van der Waals surface area contributed by atoms with Crippen LogP contribution in [0.2, 0.25) is 0 Å². The molecule has 0 saturated heterocycles. The summed E-state index contributed by atoms with van der Waals surface area (Å²) in [6.07, 6.45) is 0. The molecular formula is C19H18N2O4S. The third-order valence-electron chi connectivity index (χ3n) is 3.98. The third-order valence-corrected chi connectivity index (χ3v) is 4.73. The fraction of sp³-hybridized carbons (Fsp3) is 0.211. The number of ether oxygens (including phenoxy) is 1. The number of nitrogens with zero attached hydrogens (tertiary/aromatic N) is 2. The summed E-state index contributed by atoms with van der Waals surface area (Å²) >= 11 is 1.05. The van der Waals surface area contributed by atoms with Gasteiger partial charge in [-0.25, -0.2) is 5.01 Å². The molecule has 0 aliphatic carbocycles. The van der Waals surface area contributed by atoms with Gasteiger partial charge in [0.2, 0.25) is 0 Å². The van der Waals surface area contributed by atoms with Crippen LogP contribution in [0.5, 0.6) is 5.75 Å². The summed E-state index contributed by atoms with van der Waals surface area (Å²) in [6.45, 7) is 1.96. The van der Waals surface area contributed by atoms with Crippen molar-refractivity contribution in [1.82, 2.24) is 10.0 Å². The molecule has 7 heteroatoms. The first-order chi connectivity index (χ1) is 12.6. The van der Waals surface area contributed by atoms with Gasteiger partial charge < -0.3 is 4.74 Å². The number of methoxy groups -OCH3 is 1. The topological polar surface area (TPSA) is 66.9 Å². The standard InChI is InChI=1S/C19H18N2O4S/c1-3-26-19(24)20(12-13-8-10-14(25-2)11-9-13)21-17(22)15-6-4-5-7-16(15)18(21)23/h4-11H,3,12H2,1-2H3. The number of imide groups is 1. The van der Waals surface area contributed by atoms with Crippen molar-refractivity contribution in [1.29, 1.82) is 0 Å². The van der Waals surface area contributed by atoms with Crippen LogP contribution in [0.1, 0.15) is 33.2 Å². The summed E-state index contributed by atoms with van der Waals surface area (Å²) in [7, 11) is 1.57. The summed E-state index contributed by atoms with van der Waals surface area (Å²) < 4.78 is 5.13. The molecule has 2 aromatic rings. The quantitative estimate of drug-likeness (QED) is 0.753. The largest absolute Gasteiger partial charge is 0.497 e. The molecule has 0 saturated carbocycles.